The zero-order valence-electron chi connectivity index (χ0n) is 16.4. The summed E-state index contributed by atoms with van der Waals surface area (Å²) in [5.41, 5.74) is 0.462. The number of fused-ring (bicyclic) bond motifs is 2. The van der Waals surface area contributed by atoms with Crippen molar-refractivity contribution in [1.82, 2.24) is 20.4 Å². The van der Waals surface area contributed by atoms with Gasteiger partial charge >= 0.3 is 0 Å². The highest BCUT2D eigenvalue weighted by Gasteiger charge is 2.52. The average molecular weight is 400 g/mol. The molecule has 0 saturated carbocycles. The van der Waals surface area contributed by atoms with Crippen LogP contribution in [0.3, 0.4) is 0 Å². The monoisotopic (exact) mass is 400 g/mol. The third-order valence-electron chi connectivity index (χ3n) is 5.87. The number of hydrogen-bond donors (Lipinski definition) is 2. The molecule has 3 heterocycles. The molecule has 3 aliphatic rings. The zero-order valence-corrected chi connectivity index (χ0v) is 16.4. The molecular weight excluding hydrogens is 376 g/mol. The Labute approximate surface area is 168 Å². The van der Waals surface area contributed by atoms with Crippen molar-refractivity contribution in [2.24, 2.45) is 0 Å². The third kappa shape index (κ3) is 3.41. The van der Waals surface area contributed by atoms with Crippen LogP contribution in [0.4, 0.5) is 0 Å². The summed E-state index contributed by atoms with van der Waals surface area (Å²) in [6, 6.07) is 4.70. The summed E-state index contributed by atoms with van der Waals surface area (Å²) in [5, 5.41) is 5.73. The first-order chi connectivity index (χ1) is 13.9. The third-order valence-corrected chi connectivity index (χ3v) is 5.87. The van der Waals surface area contributed by atoms with E-state index < -0.39 is 18.1 Å². The number of nitrogens with one attached hydrogen (secondary N) is 2. The first kappa shape index (κ1) is 19.2. The highest BCUT2D eigenvalue weighted by Crippen LogP contribution is 2.30. The quantitative estimate of drug-likeness (QED) is 0.712. The van der Waals surface area contributed by atoms with Crippen LogP contribution in [0.1, 0.15) is 30.1 Å². The van der Waals surface area contributed by atoms with Crippen LogP contribution in [0.15, 0.2) is 24.3 Å². The van der Waals surface area contributed by atoms with Crippen LogP contribution in [-0.2, 0) is 14.4 Å². The number of amides is 4. The second-order valence-electron chi connectivity index (χ2n) is 7.72. The van der Waals surface area contributed by atoms with Crippen molar-refractivity contribution in [3.63, 3.8) is 0 Å². The lowest BCUT2D eigenvalue weighted by Gasteiger charge is -2.29. The number of hydrogen-bond acceptors (Lipinski definition) is 5. The molecule has 3 saturated heterocycles. The lowest BCUT2D eigenvalue weighted by molar-refractivity contribution is -0.138. The summed E-state index contributed by atoms with van der Waals surface area (Å²) in [7, 11) is 1.55. The molecule has 3 aliphatic heterocycles. The van der Waals surface area contributed by atoms with Gasteiger partial charge in [0.1, 0.15) is 17.8 Å². The molecule has 0 aromatic heterocycles. The SMILES string of the molecule is COc1ccc(C(=O)N2CC[C@H]3NC(=O)[C@@H]4C[C@@H](NC(C)=O)CN4C(=O)[C@H]32)cc1. The van der Waals surface area contributed by atoms with Crippen LogP contribution >= 0.6 is 0 Å². The van der Waals surface area contributed by atoms with Crippen molar-refractivity contribution in [3.05, 3.63) is 29.8 Å². The van der Waals surface area contributed by atoms with Crippen LogP contribution in [0.5, 0.6) is 5.75 Å². The molecular formula is C20H24N4O5. The summed E-state index contributed by atoms with van der Waals surface area (Å²) >= 11 is 0. The molecule has 4 atom stereocenters. The Morgan fingerprint density at radius 3 is 2.59 bits per heavy atom. The van der Waals surface area contributed by atoms with E-state index in [1.807, 2.05) is 0 Å². The van der Waals surface area contributed by atoms with Crippen LogP contribution in [0, 0.1) is 0 Å². The number of nitrogens with zero attached hydrogens (tertiary/aromatic N) is 2. The Morgan fingerprint density at radius 2 is 1.93 bits per heavy atom. The van der Waals surface area contributed by atoms with E-state index in [2.05, 4.69) is 10.6 Å². The van der Waals surface area contributed by atoms with Gasteiger partial charge in [0, 0.05) is 31.6 Å². The predicted octanol–water partition coefficient (Wildman–Crippen LogP) is -0.486. The fraction of sp³-hybridized carbons (Fsp3) is 0.500. The van der Waals surface area contributed by atoms with Crippen molar-refractivity contribution in [2.75, 3.05) is 20.2 Å². The largest absolute Gasteiger partial charge is 0.497 e. The normalized spacial score (nSPS) is 28.3. The van der Waals surface area contributed by atoms with Gasteiger partial charge in [-0.15, -0.1) is 0 Å². The Morgan fingerprint density at radius 1 is 1.21 bits per heavy atom. The summed E-state index contributed by atoms with van der Waals surface area (Å²) in [5.74, 6) is -0.278. The number of carbonyl (C=O) groups is 4. The molecule has 1 aromatic rings. The highest BCUT2D eigenvalue weighted by atomic mass is 16.5. The van der Waals surface area contributed by atoms with Crippen LogP contribution in [0.2, 0.25) is 0 Å². The van der Waals surface area contributed by atoms with Crippen LogP contribution < -0.4 is 15.4 Å². The van der Waals surface area contributed by atoms with Crippen molar-refractivity contribution < 1.29 is 23.9 Å². The molecule has 0 spiro atoms. The lowest BCUT2D eigenvalue weighted by atomic mass is 10.1. The number of likely N-dealkylation sites (tertiary alicyclic amines) is 1. The van der Waals surface area contributed by atoms with E-state index in [9.17, 15) is 19.2 Å². The van der Waals surface area contributed by atoms with Gasteiger partial charge in [0.2, 0.25) is 17.7 Å². The Hall–Kier alpha value is -3.10. The molecule has 1 aromatic carbocycles. The lowest BCUT2D eigenvalue weighted by Crippen LogP contribution is -2.52. The number of methoxy groups -OCH3 is 1. The van der Waals surface area contributed by atoms with Crippen LogP contribution in [-0.4, -0.2) is 77.8 Å². The van der Waals surface area contributed by atoms with E-state index in [0.717, 1.165) is 0 Å². The van der Waals surface area contributed by atoms with Crippen molar-refractivity contribution >= 4 is 23.6 Å². The topological polar surface area (TPSA) is 108 Å². The number of benzene rings is 1. The maximum absolute atomic E-state index is 13.3. The molecule has 2 N–H and O–H groups in total. The van der Waals surface area contributed by atoms with E-state index in [1.54, 1.807) is 36.3 Å². The minimum absolute atomic E-state index is 0.199. The first-order valence-corrected chi connectivity index (χ1v) is 9.72. The molecule has 4 rings (SSSR count). The minimum Gasteiger partial charge on any atom is -0.497 e. The molecule has 3 fully saturated rings. The van der Waals surface area contributed by atoms with Gasteiger partial charge in [-0.2, -0.15) is 0 Å². The fourth-order valence-corrected chi connectivity index (χ4v) is 4.55. The van der Waals surface area contributed by atoms with Crippen molar-refractivity contribution in [1.29, 1.82) is 0 Å². The van der Waals surface area contributed by atoms with Gasteiger partial charge in [-0.3, -0.25) is 19.2 Å². The summed E-state index contributed by atoms with van der Waals surface area (Å²) < 4.78 is 5.13. The maximum Gasteiger partial charge on any atom is 0.254 e. The molecule has 29 heavy (non-hydrogen) atoms. The van der Waals surface area contributed by atoms with Gasteiger partial charge in [-0.05, 0) is 37.1 Å². The van der Waals surface area contributed by atoms with E-state index in [0.29, 0.717) is 30.7 Å². The number of carbonyl (C=O) groups excluding carboxylic acids is 4. The molecule has 9 nitrogen and oxygen atoms in total. The van der Waals surface area contributed by atoms with Gasteiger partial charge in [0.05, 0.1) is 13.2 Å². The molecule has 154 valence electrons. The number of ether oxygens (including phenoxy) is 1. The molecule has 0 bridgehead atoms. The predicted molar refractivity (Wildman–Crippen MR) is 102 cm³/mol. The Kier molecular flexibility index (Phi) is 4.89. The molecule has 0 radical (unpaired) electrons. The smallest absolute Gasteiger partial charge is 0.254 e. The van der Waals surface area contributed by atoms with Crippen LogP contribution in [0.25, 0.3) is 0 Å². The Bertz CT molecular complexity index is 855. The molecule has 0 unspecified atom stereocenters. The highest BCUT2D eigenvalue weighted by molar-refractivity contribution is 6.01. The van der Waals surface area contributed by atoms with Gasteiger partial charge in [0.15, 0.2) is 0 Å². The first-order valence-electron chi connectivity index (χ1n) is 9.72. The number of rotatable bonds is 3. The van der Waals surface area contributed by atoms with E-state index in [4.69, 9.17) is 4.74 Å². The van der Waals surface area contributed by atoms with Gasteiger partial charge in [0.25, 0.3) is 5.91 Å². The summed E-state index contributed by atoms with van der Waals surface area (Å²) in [4.78, 5) is 53.6. The second kappa shape index (κ2) is 7.38. The van der Waals surface area contributed by atoms with E-state index >= 15 is 0 Å². The minimum atomic E-state index is -0.741. The summed E-state index contributed by atoms with van der Waals surface area (Å²) in [6.07, 6.45) is 0.906. The van der Waals surface area contributed by atoms with Crippen molar-refractivity contribution in [3.8, 4) is 5.75 Å². The standard InChI is InChI=1S/C20H24N4O5/c1-11(25)21-13-9-16-18(26)22-15-7-8-23(17(15)20(28)24(16)10-13)19(27)12-3-5-14(29-2)6-4-12/h3-6,13,15-17H,7-10H2,1-2H3,(H,21,25)(H,22,26)/t13-,15-,16+,17+/m1/s1. The molecule has 4 amide bonds. The zero-order chi connectivity index (χ0) is 20.7. The average Bonchev–Trinajstić information content (AvgIpc) is 3.29. The second-order valence-corrected chi connectivity index (χ2v) is 7.72. The van der Waals surface area contributed by atoms with E-state index in [1.165, 1.54) is 11.8 Å². The maximum atomic E-state index is 13.3. The van der Waals surface area contributed by atoms with E-state index in [-0.39, 0.29) is 36.2 Å². The Balaban J connectivity index is 1.57. The fourth-order valence-electron chi connectivity index (χ4n) is 4.55. The van der Waals surface area contributed by atoms with Crippen molar-refractivity contribution in [2.45, 2.75) is 43.9 Å². The molecule has 9 heteroatoms. The summed E-state index contributed by atoms with van der Waals surface area (Å²) in [6.45, 7) is 2.07. The molecule has 0 aliphatic carbocycles. The van der Waals surface area contributed by atoms with Gasteiger partial charge in [-0.1, -0.05) is 0 Å². The van der Waals surface area contributed by atoms with Gasteiger partial charge in [-0.25, -0.2) is 0 Å². The van der Waals surface area contributed by atoms with Gasteiger partial charge < -0.3 is 25.2 Å².